The van der Waals surface area contributed by atoms with Gasteiger partial charge in [0.25, 0.3) is 0 Å². The van der Waals surface area contributed by atoms with Crippen molar-refractivity contribution in [3.05, 3.63) is 30.1 Å². The van der Waals surface area contributed by atoms with Crippen molar-refractivity contribution in [1.82, 2.24) is 20.5 Å². The van der Waals surface area contributed by atoms with E-state index in [1.54, 1.807) is 6.20 Å². The molecule has 0 aromatic carbocycles. The van der Waals surface area contributed by atoms with Crippen LogP contribution in [0.4, 0.5) is 0 Å². The Labute approximate surface area is 161 Å². The van der Waals surface area contributed by atoms with E-state index in [0.29, 0.717) is 13.0 Å². The Kier molecular flexibility index (Phi) is 7.85. The minimum Gasteiger partial charge on any atom is -0.353 e. The first-order valence-corrected chi connectivity index (χ1v) is 9.35. The molecule has 2 heterocycles. The van der Waals surface area contributed by atoms with Crippen molar-refractivity contribution in [3.63, 3.8) is 0 Å². The highest BCUT2D eigenvalue weighted by Gasteiger charge is 2.30. The van der Waals surface area contributed by atoms with Crippen molar-refractivity contribution in [1.29, 1.82) is 0 Å². The van der Waals surface area contributed by atoms with Crippen LogP contribution < -0.4 is 10.6 Å². The van der Waals surface area contributed by atoms with Crippen LogP contribution >= 0.6 is 12.4 Å². The molecule has 0 radical (unpaired) electrons. The fraction of sp³-hybridized carbons (Fsp3) is 0.632. The summed E-state index contributed by atoms with van der Waals surface area (Å²) in [5.41, 5.74) is 1.05. The SMILES string of the molecule is CC(CC(=O)N1CCNCC1c1cccnc1)NC(=O)C1CCCC1.Cl. The van der Waals surface area contributed by atoms with Crippen LogP contribution in [0.5, 0.6) is 0 Å². The summed E-state index contributed by atoms with van der Waals surface area (Å²) in [6.07, 6.45) is 8.14. The van der Waals surface area contributed by atoms with E-state index in [0.717, 1.165) is 44.3 Å². The molecule has 144 valence electrons. The second-order valence-corrected chi connectivity index (χ2v) is 7.19. The normalized spacial score (nSPS) is 21.7. The first-order valence-electron chi connectivity index (χ1n) is 9.35. The Balaban J connectivity index is 0.00000243. The zero-order chi connectivity index (χ0) is 17.6. The lowest BCUT2D eigenvalue weighted by atomic mass is 10.0. The number of piperazine rings is 1. The molecule has 0 bridgehead atoms. The number of nitrogens with one attached hydrogen (secondary N) is 2. The standard InChI is InChI=1S/C19H28N4O2.ClH/c1-14(22-19(25)15-5-2-3-6-15)11-18(24)23-10-9-21-13-17(23)16-7-4-8-20-12-16;/h4,7-8,12,14-15,17,21H,2-3,5-6,9-11,13H2,1H3,(H,22,25);1H. The molecule has 1 saturated carbocycles. The smallest absolute Gasteiger partial charge is 0.225 e. The van der Waals surface area contributed by atoms with Crippen molar-refractivity contribution < 1.29 is 9.59 Å². The molecule has 2 aliphatic rings. The number of amides is 2. The second-order valence-electron chi connectivity index (χ2n) is 7.19. The van der Waals surface area contributed by atoms with Crippen LogP contribution in [0.25, 0.3) is 0 Å². The lowest BCUT2D eigenvalue weighted by Crippen LogP contribution is -2.50. The second kappa shape index (κ2) is 9.88. The third kappa shape index (κ3) is 5.17. The summed E-state index contributed by atoms with van der Waals surface area (Å²) in [7, 11) is 0. The Morgan fingerprint density at radius 3 is 2.85 bits per heavy atom. The van der Waals surface area contributed by atoms with Crippen LogP contribution in [-0.4, -0.2) is 47.4 Å². The van der Waals surface area contributed by atoms with Gasteiger partial charge in [0.1, 0.15) is 0 Å². The first kappa shape index (κ1) is 20.6. The first-order chi connectivity index (χ1) is 12.1. The predicted molar refractivity (Wildman–Crippen MR) is 103 cm³/mol. The quantitative estimate of drug-likeness (QED) is 0.820. The Morgan fingerprint density at radius 2 is 2.15 bits per heavy atom. The van der Waals surface area contributed by atoms with Crippen LogP contribution in [0.15, 0.2) is 24.5 Å². The van der Waals surface area contributed by atoms with E-state index >= 15 is 0 Å². The fourth-order valence-electron chi connectivity index (χ4n) is 3.85. The Bertz CT molecular complexity index is 592. The number of pyridine rings is 1. The van der Waals surface area contributed by atoms with E-state index in [9.17, 15) is 9.59 Å². The van der Waals surface area contributed by atoms with Crippen LogP contribution in [0.2, 0.25) is 0 Å². The molecule has 3 rings (SSSR count). The molecular formula is C19H29ClN4O2. The summed E-state index contributed by atoms with van der Waals surface area (Å²) < 4.78 is 0. The predicted octanol–water partition coefficient (Wildman–Crippen LogP) is 2.06. The summed E-state index contributed by atoms with van der Waals surface area (Å²) >= 11 is 0. The molecule has 2 unspecified atom stereocenters. The van der Waals surface area contributed by atoms with Gasteiger partial charge in [-0.3, -0.25) is 14.6 Å². The monoisotopic (exact) mass is 380 g/mol. The van der Waals surface area contributed by atoms with Crippen LogP contribution in [0.1, 0.15) is 50.6 Å². The van der Waals surface area contributed by atoms with Gasteiger partial charge in [-0.25, -0.2) is 0 Å². The topological polar surface area (TPSA) is 74.3 Å². The number of aromatic nitrogens is 1. The average molecular weight is 381 g/mol. The molecule has 6 nitrogen and oxygen atoms in total. The molecule has 1 aromatic heterocycles. The van der Waals surface area contributed by atoms with Crippen molar-refractivity contribution >= 4 is 24.2 Å². The number of halogens is 1. The fourth-order valence-corrected chi connectivity index (χ4v) is 3.85. The van der Waals surface area contributed by atoms with Gasteiger partial charge in [-0.15, -0.1) is 12.4 Å². The third-order valence-corrected chi connectivity index (χ3v) is 5.23. The Morgan fingerprint density at radius 1 is 1.38 bits per heavy atom. The highest BCUT2D eigenvalue weighted by Crippen LogP contribution is 2.25. The van der Waals surface area contributed by atoms with Gasteiger partial charge >= 0.3 is 0 Å². The van der Waals surface area contributed by atoms with E-state index in [1.165, 1.54) is 0 Å². The maximum Gasteiger partial charge on any atom is 0.225 e. The molecule has 1 aliphatic carbocycles. The van der Waals surface area contributed by atoms with Gasteiger partial charge in [0.15, 0.2) is 0 Å². The van der Waals surface area contributed by atoms with Gasteiger partial charge in [-0.2, -0.15) is 0 Å². The van der Waals surface area contributed by atoms with Gasteiger partial charge in [0.05, 0.1) is 6.04 Å². The molecule has 2 fully saturated rings. The van der Waals surface area contributed by atoms with Crippen LogP contribution in [-0.2, 0) is 9.59 Å². The molecule has 2 atom stereocenters. The number of rotatable bonds is 5. The summed E-state index contributed by atoms with van der Waals surface area (Å²) in [5.74, 6) is 0.344. The highest BCUT2D eigenvalue weighted by molar-refractivity contribution is 5.85. The van der Waals surface area contributed by atoms with Gasteiger partial charge in [-0.05, 0) is 31.4 Å². The largest absolute Gasteiger partial charge is 0.353 e. The van der Waals surface area contributed by atoms with E-state index in [-0.39, 0.29) is 42.2 Å². The lowest BCUT2D eigenvalue weighted by molar-refractivity contribution is -0.135. The van der Waals surface area contributed by atoms with E-state index in [4.69, 9.17) is 0 Å². The van der Waals surface area contributed by atoms with Gasteiger partial charge in [0.2, 0.25) is 11.8 Å². The number of carbonyl (C=O) groups excluding carboxylic acids is 2. The zero-order valence-electron chi connectivity index (χ0n) is 15.3. The molecule has 2 N–H and O–H groups in total. The summed E-state index contributed by atoms with van der Waals surface area (Å²) in [6.45, 7) is 4.14. The Hall–Kier alpha value is -1.66. The molecule has 1 saturated heterocycles. The maximum atomic E-state index is 12.8. The summed E-state index contributed by atoms with van der Waals surface area (Å²) in [4.78, 5) is 31.2. The molecule has 1 aromatic rings. The molecule has 0 spiro atoms. The van der Waals surface area contributed by atoms with Crippen LogP contribution in [0, 0.1) is 5.92 Å². The minimum atomic E-state index is -0.134. The molecule has 1 aliphatic heterocycles. The molecular weight excluding hydrogens is 352 g/mol. The van der Waals surface area contributed by atoms with E-state index < -0.39 is 0 Å². The lowest BCUT2D eigenvalue weighted by Gasteiger charge is -2.37. The average Bonchev–Trinajstić information content (AvgIpc) is 3.17. The zero-order valence-corrected chi connectivity index (χ0v) is 16.1. The van der Waals surface area contributed by atoms with Gasteiger partial charge < -0.3 is 15.5 Å². The number of hydrogen-bond donors (Lipinski definition) is 2. The number of carbonyl (C=O) groups is 2. The summed E-state index contributed by atoms with van der Waals surface area (Å²) in [5, 5.41) is 6.38. The van der Waals surface area contributed by atoms with Crippen LogP contribution in [0.3, 0.4) is 0 Å². The van der Waals surface area contributed by atoms with Crippen molar-refractivity contribution in [2.75, 3.05) is 19.6 Å². The van der Waals surface area contributed by atoms with Gasteiger partial charge in [0, 0.05) is 50.4 Å². The van der Waals surface area contributed by atoms with Crippen molar-refractivity contribution in [2.45, 2.75) is 51.1 Å². The van der Waals surface area contributed by atoms with E-state index in [2.05, 4.69) is 15.6 Å². The molecule has 26 heavy (non-hydrogen) atoms. The molecule has 2 amide bonds. The minimum absolute atomic E-state index is 0. The molecule has 7 heteroatoms. The highest BCUT2D eigenvalue weighted by atomic mass is 35.5. The summed E-state index contributed by atoms with van der Waals surface area (Å²) in [6, 6.07) is 3.78. The number of nitrogens with zero attached hydrogens (tertiary/aromatic N) is 2. The number of hydrogen-bond acceptors (Lipinski definition) is 4. The van der Waals surface area contributed by atoms with Crippen molar-refractivity contribution in [2.24, 2.45) is 5.92 Å². The third-order valence-electron chi connectivity index (χ3n) is 5.23. The van der Waals surface area contributed by atoms with Crippen molar-refractivity contribution in [3.8, 4) is 0 Å². The maximum absolute atomic E-state index is 12.8. The van der Waals surface area contributed by atoms with E-state index in [1.807, 2.05) is 30.2 Å². The van der Waals surface area contributed by atoms with Gasteiger partial charge in [-0.1, -0.05) is 18.9 Å².